The molecule has 4 nitrogen and oxygen atoms in total. The Kier molecular flexibility index (Phi) is 3.25. The van der Waals surface area contributed by atoms with Gasteiger partial charge in [-0.1, -0.05) is 24.3 Å². The van der Waals surface area contributed by atoms with Crippen molar-refractivity contribution in [2.75, 3.05) is 0 Å². The second-order valence-electron chi connectivity index (χ2n) is 4.62. The summed E-state index contributed by atoms with van der Waals surface area (Å²) in [6.07, 6.45) is 5.75. The molecule has 4 heteroatoms. The average Bonchev–Trinajstić information content (AvgIpc) is 2.85. The van der Waals surface area contributed by atoms with E-state index in [4.69, 9.17) is 0 Å². The molecular weight excluding hydrogens is 236 g/mol. The van der Waals surface area contributed by atoms with Crippen molar-refractivity contribution in [3.05, 3.63) is 60.0 Å². The molecule has 0 aliphatic rings. The molecule has 0 aliphatic heterocycles. The highest BCUT2D eigenvalue weighted by Crippen LogP contribution is 2.15. The van der Waals surface area contributed by atoms with Crippen LogP contribution in [0.1, 0.15) is 11.1 Å². The Morgan fingerprint density at radius 1 is 1.16 bits per heavy atom. The number of pyridine rings is 1. The molecule has 0 spiro atoms. The first kappa shape index (κ1) is 11.9. The van der Waals surface area contributed by atoms with E-state index in [1.807, 2.05) is 36.4 Å². The van der Waals surface area contributed by atoms with Crippen LogP contribution >= 0.6 is 0 Å². The van der Waals surface area contributed by atoms with Gasteiger partial charge < -0.3 is 5.32 Å². The normalized spacial score (nSPS) is 11.0. The summed E-state index contributed by atoms with van der Waals surface area (Å²) in [5.74, 6) is 0. The molecule has 0 amide bonds. The molecular formula is C15H16N4. The Bertz CT molecular complexity index is 682. The van der Waals surface area contributed by atoms with Gasteiger partial charge in [0.1, 0.15) is 0 Å². The van der Waals surface area contributed by atoms with Crippen molar-refractivity contribution in [3.63, 3.8) is 0 Å². The molecule has 0 aliphatic carbocycles. The molecule has 1 aromatic carbocycles. The first-order valence-corrected chi connectivity index (χ1v) is 6.34. The Morgan fingerprint density at radius 3 is 2.89 bits per heavy atom. The first-order chi connectivity index (χ1) is 9.33. The molecule has 2 heterocycles. The quantitative estimate of drug-likeness (QED) is 0.774. The summed E-state index contributed by atoms with van der Waals surface area (Å²) in [4.78, 5) is 4.45. The number of nitrogens with one attached hydrogen (secondary N) is 1. The van der Waals surface area contributed by atoms with Crippen molar-refractivity contribution in [3.8, 4) is 0 Å². The molecule has 1 N–H and O–H groups in total. The second-order valence-corrected chi connectivity index (χ2v) is 4.62. The fourth-order valence-electron chi connectivity index (χ4n) is 2.21. The van der Waals surface area contributed by atoms with Crippen LogP contribution in [0, 0.1) is 0 Å². The van der Waals surface area contributed by atoms with Crippen LogP contribution in [0.5, 0.6) is 0 Å². The van der Waals surface area contributed by atoms with Crippen LogP contribution in [-0.2, 0) is 20.1 Å². The van der Waals surface area contributed by atoms with Crippen molar-refractivity contribution in [2.45, 2.75) is 13.1 Å². The van der Waals surface area contributed by atoms with E-state index >= 15 is 0 Å². The largest absolute Gasteiger partial charge is 0.308 e. The maximum Gasteiger partial charge on any atom is 0.0746 e. The number of nitrogens with zero attached hydrogens (tertiary/aromatic N) is 3. The third-order valence-corrected chi connectivity index (χ3v) is 3.12. The van der Waals surface area contributed by atoms with Gasteiger partial charge in [0.25, 0.3) is 0 Å². The van der Waals surface area contributed by atoms with Crippen LogP contribution in [0.3, 0.4) is 0 Å². The number of para-hydroxylation sites is 1. The number of fused-ring (bicyclic) bond motifs is 1. The number of rotatable bonds is 4. The van der Waals surface area contributed by atoms with Gasteiger partial charge in [0.05, 0.1) is 11.7 Å². The number of hydrogen-bond acceptors (Lipinski definition) is 3. The third kappa shape index (κ3) is 2.63. The molecule has 2 aromatic heterocycles. The zero-order valence-electron chi connectivity index (χ0n) is 10.9. The van der Waals surface area contributed by atoms with Crippen molar-refractivity contribution in [2.24, 2.45) is 7.05 Å². The van der Waals surface area contributed by atoms with E-state index in [0.717, 1.165) is 18.6 Å². The minimum absolute atomic E-state index is 0.809. The number of aryl methyl sites for hydroxylation is 1. The van der Waals surface area contributed by atoms with Gasteiger partial charge in [-0.2, -0.15) is 5.10 Å². The summed E-state index contributed by atoms with van der Waals surface area (Å²) in [6, 6.07) is 10.3. The van der Waals surface area contributed by atoms with Crippen LogP contribution in [0.4, 0.5) is 0 Å². The topological polar surface area (TPSA) is 42.7 Å². The lowest BCUT2D eigenvalue weighted by Gasteiger charge is -2.06. The molecule has 0 saturated heterocycles. The molecule has 96 valence electrons. The van der Waals surface area contributed by atoms with E-state index in [2.05, 4.69) is 39.7 Å². The predicted molar refractivity (Wildman–Crippen MR) is 75.5 cm³/mol. The summed E-state index contributed by atoms with van der Waals surface area (Å²) in [5.41, 5.74) is 3.49. The minimum Gasteiger partial charge on any atom is -0.308 e. The first-order valence-electron chi connectivity index (χ1n) is 6.34. The van der Waals surface area contributed by atoms with Crippen LogP contribution in [0.2, 0.25) is 0 Å². The van der Waals surface area contributed by atoms with Crippen molar-refractivity contribution in [1.29, 1.82) is 0 Å². The van der Waals surface area contributed by atoms with E-state index in [-0.39, 0.29) is 0 Å². The van der Waals surface area contributed by atoms with Gasteiger partial charge in [0, 0.05) is 43.5 Å². The van der Waals surface area contributed by atoms with Gasteiger partial charge in [-0.3, -0.25) is 9.67 Å². The van der Waals surface area contributed by atoms with Crippen molar-refractivity contribution >= 4 is 10.9 Å². The highest BCUT2D eigenvalue weighted by atomic mass is 15.2. The standard InChI is InChI=1S/C15H16N4/c1-19-11-12(9-18-19)8-16-10-14-5-2-4-13-6-3-7-17-15(13)14/h2-7,9,11,16H,8,10H2,1H3. The second kappa shape index (κ2) is 5.20. The van der Waals surface area contributed by atoms with Crippen molar-refractivity contribution < 1.29 is 0 Å². The monoisotopic (exact) mass is 252 g/mol. The molecule has 3 aromatic rings. The van der Waals surface area contributed by atoms with Gasteiger partial charge in [-0.15, -0.1) is 0 Å². The lowest BCUT2D eigenvalue weighted by Crippen LogP contribution is -2.12. The van der Waals surface area contributed by atoms with E-state index in [9.17, 15) is 0 Å². The lowest BCUT2D eigenvalue weighted by molar-refractivity contribution is 0.694. The minimum atomic E-state index is 0.809. The number of aromatic nitrogens is 3. The maximum atomic E-state index is 4.45. The van der Waals surface area contributed by atoms with Crippen LogP contribution in [0.25, 0.3) is 10.9 Å². The van der Waals surface area contributed by atoms with Crippen LogP contribution in [0.15, 0.2) is 48.9 Å². The zero-order valence-corrected chi connectivity index (χ0v) is 10.9. The Labute approximate surface area is 112 Å². The molecule has 0 unspecified atom stereocenters. The zero-order chi connectivity index (χ0) is 13.1. The van der Waals surface area contributed by atoms with Gasteiger partial charge in [0.15, 0.2) is 0 Å². The predicted octanol–water partition coefficient (Wildman–Crippen LogP) is 2.26. The summed E-state index contributed by atoms with van der Waals surface area (Å²) >= 11 is 0. The van der Waals surface area contributed by atoms with Gasteiger partial charge in [0.2, 0.25) is 0 Å². The lowest BCUT2D eigenvalue weighted by atomic mass is 10.1. The SMILES string of the molecule is Cn1cc(CNCc2cccc3cccnc23)cn1. The molecule has 3 rings (SSSR count). The Morgan fingerprint density at radius 2 is 2.05 bits per heavy atom. The summed E-state index contributed by atoms with van der Waals surface area (Å²) in [5, 5.41) is 8.77. The summed E-state index contributed by atoms with van der Waals surface area (Å²) in [7, 11) is 1.93. The van der Waals surface area contributed by atoms with Gasteiger partial charge >= 0.3 is 0 Å². The van der Waals surface area contributed by atoms with Gasteiger partial charge in [-0.25, -0.2) is 0 Å². The highest BCUT2D eigenvalue weighted by molar-refractivity contribution is 5.81. The smallest absolute Gasteiger partial charge is 0.0746 e. The van der Waals surface area contributed by atoms with Crippen molar-refractivity contribution in [1.82, 2.24) is 20.1 Å². The Hall–Kier alpha value is -2.20. The van der Waals surface area contributed by atoms with E-state index in [0.29, 0.717) is 0 Å². The summed E-state index contributed by atoms with van der Waals surface area (Å²) < 4.78 is 1.82. The molecule has 0 saturated carbocycles. The summed E-state index contributed by atoms with van der Waals surface area (Å²) in [6.45, 7) is 1.63. The fraction of sp³-hybridized carbons (Fsp3) is 0.200. The molecule has 0 atom stereocenters. The van der Waals surface area contributed by atoms with Gasteiger partial charge in [-0.05, 0) is 11.6 Å². The molecule has 19 heavy (non-hydrogen) atoms. The average molecular weight is 252 g/mol. The van der Waals surface area contributed by atoms with E-state index < -0.39 is 0 Å². The van der Waals surface area contributed by atoms with Crippen LogP contribution in [-0.4, -0.2) is 14.8 Å². The third-order valence-electron chi connectivity index (χ3n) is 3.12. The number of benzene rings is 1. The molecule has 0 fully saturated rings. The number of hydrogen-bond donors (Lipinski definition) is 1. The molecule has 0 bridgehead atoms. The highest BCUT2D eigenvalue weighted by Gasteiger charge is 2.01. The molecule has 0 radical (unpaired) electrons. The van der Waals surface area contributed by atoms with Crippen LogP contribution < -0.4 is 5.32 Å². The van der Waals surface area contributed by atoms with E-state index in [1.54, 1.807) is 0 Å². The van der Waals surface area contributed by atoms with E-state index in [1.165, 1.54) is 16.5 Å². The maximum absolute atomic E-state index is 4.45. The Balaban J connectivity index is 1.71. The fourth-order valence-corrected chi connectivity index (χ4v) is 2.21.